The molecule has 0 saturated heterocycles. The van der Waals surface area contributed by atoms with Crippen LogP contribution in [0, 0.1) is 0 Å². The van der Waals surface area contributed by atoms with Gasteiger partial charge in [-0.15, -0.1) is 0 Å². The summed E-state index contributed by atoms with van der Waals surface area (Å²) in [6.07, 6.45) is 41.5. The number of carboxylic acids is 2. The van der Waals surface area contributed by atoms with Crippen molar-refractivity contribution in [3.63, 3.8) is 0 Å². The molecule has 0 saturated carbocycles. The number of esters is 2. The normalized spacial score (nSPS) is 11.7. The first-order chi connectivity index (χ1) is 27.1. The van der Waals surface area contributed by atoms with Crippen molar-refractivity contribution < 1.29 is 142 Å². The second-order valence-electron chi connectivity index (χ2n) is 16.0. The zero-order valence-corrected chi connectivity index (χ0v) is 44.7. The van der Waals surface area contributed by atoms with Gasteiger partial charge in [-0.3, -0.25) is 9.59 Å². The molecule has 10 nitrogen and oxygen atoms in total. The molecule has 332 valence electrons. The number of aliphatic carboxylic acids is 2. The molecule has 0 aliphatic carbocycles. The maximum Gasteiger partial charge on any atom is 1.00 e. The first kappa shape index (κ1) is 65.7. The zero-order valence-electron chi connectivity index (χ0n) is 38.4. The molecule has 58 heavy (non-hydrogen) atoms. The Morgan fingerprint density at radius 2 is 0.569 bits per heavy atom. The van der Waals surface area contributed by atoms with E-state index in [0.29, 0.717) is 13.2 Å². The Morgan fingerprint density at radius 1 is 0.379 bits per heavy atom. The zero-order chi connectivity index (χ0) is 41.7. The number of unbranched alkanes of at least 4 members (excludes halogenated alkanes) is 30. The van der Waals surface area contributed by atoms with Crippen LogP contribution in [0.3, 0.4) is 0 Å². The summed E-state index contributed by atoms with van der Waals surface area (Å²) in [6, 6.07) is -1.72. The van der Waals surface area contributed by atoms with Crippen LogP contribution in [0.5, 0.6) is 0 Å². The monoisotopic (exact) mass is 875 g/mol. The van der Waals surface area contributed by atoms with Crippen LogP contribution < -0.4 is 124 Å². The third-order valence-corrected chi connectivity index (χ3v) is 10.4. The van der Waals surface area contributed by atoms with Crippen molar-refractivity contribution in [2.75, 3.05) is 13.2 Å². The van der Waals surface area contributed by atoms with E-state index in [1.165, 1.54) is 180 Å². The first-order valence-corrected chi connectivity index (χ1v) is 23.4. The molecule has 2 unspecified atom stereocenters. The minimum absolute atomic E-state index is 0. The molecule has 0 amide bonds. The Balaban J connectivity index is -0.000000486. The van der Waals surface area contributed by atoms with Crippen molar-refractivity contribution in [2.24, 2.45) is 11.5 Å². The van der Waals surface area contributed by atoms with E-state index in [1.807, 2.05) is 0 Å². The Morgan fingerprint density at radius 3 is 0.759 bits per heavy atom. The predicted molar refractivity (Wildman–Crippen MR) is 225 cm³/mol. The minimum atomic E-state index is -1.19. The van der Waals surface area contributed by atoms with Crippen molar-refractivity contribution >= 4 is 23.9 Å². The van der Waals surface area contributed by atoms with Gasteiger partial charge >= 0.3 is 115 Å². The van der Waals surface area contributed by atoms with E-state index in [4.69, 9.17) is 20.9 Å². The van der Waals surface area contributed by atoms with Crippen LogP contribution in [-0.4, -0.2) is 49.2 Å². The Kier molecular flexibility index (Phi) is 61.4. The van der Waals surface area contributed by atoms with Crippen molar-refractivity contribution in [1.82, 2.24) is 0 Å². The van der Waals surface area contributed by atoms with Gasteiger partial charge in [0.15, 0.2) is 0 Å². The van der Waals surface area contributed by atoms with Crippen LogP contribution in [0.4, 0.5) is 0 Å². The summed E-state index contributed by atoms with van der Waals surface area (Å²) >= 11 is 0. The van der Waals surface area contributed by atoms with Crippen LogP contribution >= 0.6 is 0 Å². The van der Waals surface area contributed by atoms with Gasteiger partial charge in [0, 0.05) is 11.9 Å². The summed E-state index contributed by atoms with van der Waals surface area (Å²) in [5.41, 5.74) is 11.1. The first-order valence-electron chi connectivity index (χ1n) is 23.4. The van der Waals surface area contributed by atoms with Crippen molar-refractivity contribution in [3.05, 3.63) is 0 Å². The van der Waals surface area contributed by atoms with Crippen LogP contribution in [0.15, 0.2) is 0 Å². The summed E-state index contributed by atoms with van der Waals surface area (Å²) in [6.45, 7) is 5.27. The van der Waals surface area contributed by atoms with Gasteiger partial charge in [0.25, 0.3) is 0 Å². The van der Waals surface area contributed by atoms with Crippen molar-refractivity contribution in [1.29, 1.82) is 0 Å². The molecule has 0 bridgehead atoms. The molecule has 12 heteroatoms. The number of hydrogen-bond donors (Lipinski definition) is 2. The maximum atomic E-state index is 11.6. The number of nitrogens with two attached hydrogens (primary N) is 2. The van der Waals surface area contributed by atoms with Gasteiger partial charge in [-0.05, 0) is 38.5 Å². The quantitative estimate of drug-likeness (QED) is 0.0524. The van der Waals surface area contributed by atoms with Gasteiger partial charge in [0.2, 0.25) is 0 Å². The molecule has 0 spiro atoms. The van der Waals surface area contributed by atoms with E-state index in [0.717, 1.165) is 25.7 Å². The fourth-order valence-corrected chi connectivity index (χ4v) is 6.64. The van der Waals surface area contributed by atoms with Crippen molar-refractivity contribution in [3.8, 4) is 0 Å². The molecule has 2 atom stereocenters. The van der Waals surface area contributed by atoms with Crippen LogP contribution in [-0.2, 0) is 28.7 Å². The SMILES string of the molecule is CCCCCCCCCCCCCCCCCCOC(=O)C(N)CCC(=O)[O-].CCCCCCCCCCCCCCCCCCOC(=O)C(N)CCC(=O)[O-].[K+].[K+]. The van der Waals surface area contributed by atoms with E-state index >= 15 is 0 Å². The van der Waals surface area contributed by atoms with Crippen LogP contribution in [0.2, 0.25) is 0 Å². The van der Waals surface area contributed by atoms with Gasteiger partial charge in [0.1, 0.15) is 12.1 Å². The Bertz CT molecular complexity index is 830. The molecule has 0 aromatic rings. The van der Waals surface area contributed by atoms with E-state index in [9.17, 15) is 29.4 Å². The molecule has 0 aromatic carbocycles. The van der Waals surface area contributed by atoms with Gasteiger partial charge in [-0.25, -0.2) is 0 Å². The van der Waals surface area contributed by atoms with Crippen LogP contribution in [0.1, 0.15) is 245 Å². The number of ether oxygens (including phenoxy) is 2. The number of carboxylic acid groups (broad SMARTS) is 2. The van der Waals surface area contributed by atoms with E-state index < -0.39 is 36.0 Å². The fourth-order valence-electron chi connectivity index (χ4n) is 6.64. The molecule has 0 heterocycles. The molecule has 0 radical (unpaired) electrons. The molecular weight excluding hydrogens is 787 g/mol. The summed E-state index contributed by atoms with van der Waals surface area (Å²) in [5.74, 6) is -3.41. The fraction of sp³-hybridized carbons (Fsp3) is 0.913. The standard InChI is InChI=1S/2C23H45NO4.2K/c2*1-2-3-4-5-6-7-8-9-10-11-12-13-14-15-16-17-20-28-23(27)21(24)18-19-22(25)26;;/h2*21H,2-20,24H2,1H3,(H,25,26);;/q;;2*+1/p-2. The summed E-state index contributed by atoms with van der Waals surface area (Å²) < 4.78 is 10.2. The topological polar surface area (TPSA) is 185 Å². The average Bonchev–Trinajstić information content (AvgIpc) is 3.18. The smallest absolute Gasteiger partial charge is 0.550 e. The van der Waals surface area contributed by atoms with E-state index in [-0.39, 0.29) is 128 Å². The second kappa shape index (κ2) is 54.2. The number of rotatable bonds is 42. The largest absolute Gasteiger partial charge is 1.00 e. The molecule has 0 fully saturated rings. The third kappa shape index (κ3) is 55.1. The molecule has 4 N–H and O–H groups in total. The summed E-state index contributed by atoms with van der Waals surface area (Å²) in [7, 11) is 0. The summed E-state index contributed by atoms with van der Waals surface area (Å²) in [5, 5.41) is 20.7. The number of carbonyl (C=O) groups is 4. The average molecular weight is 875 g/mol. The van der Waals surface area contributed by atoms with Gasteiger partial charge in [-0.1, -0.05) is 206 Å². The van der Waals surface area contributed by atoms with E-state index in [2.05, 4.69) is 13.8 Å². The molecule has 0 aliphatic rings. The maximum absolute atomic E-state index is 11.6. The molecule has 0 aromatic heterocycles. The minimum Gasteiger partial charge on any atom is -0.550 e. The molecule has 0 aliphatic heterocycles. The summed E-state index contributed by atoms with van der Waals surface area (Å²) in [4.78, 5) is 43.8. The van der Waals surface area contributed by atoms with Gasteiger partial charge < -0.3 is 40.7 Å². The predicted octanol–water partition coefficient (Wildman–Crippen LogP) is 3.31. The van der Waals surface area contributed by atoms with Crippen LogP contribution in [0.25, 0.3) is 0 Å². The molecular formula is C46H88K2N2O8. The van der Waals surface area contributed by atoms with Gasteiger partial charge in [0.05, 0.1) is 13.2 Å². The Labute approximate surface area is 441 Å². The van der Waals surface area contributed by atoms with Gasteiger partial charge in [-0.2, -0.15) is 0 Å². The molecule has 0 rings (SSSR count). The Hall–Kier alpha value is 1.07. The van der Waals surface area contributed by atoms with Crippen molar-refractivity contribution in [2.45, 2.75) is 257 Å². The number of carbonyl (C=O) groups excluding carboxylic acids is 4. The number of hydrogen-bond acceptors (Lipinski definition) is 10. The third-order valence-electron chi connectivity index (χ3n) is 10.4. The van der Waals surface area contributed by atoms with E-state index in [1.54, 1.807) is 0 Å². The second-order valence-corrected chi connectivity index (χ2v) is 16.0.